The van der Waals surface area contributed by atoms with Gasteiger partial charge >= 0.3 is 0 Å². The molecule has 0 fully saturated rings. The molecule has 22 heavy (non-hydrogen) atoms. The third kappa shape index (κ3) is 1.84. The Labute approximate surface area is 125 Å². The summed E-state index contributed by atoms with van der Waals surface area (Å²) in [6.07, 6.45) is 3.38. The summed E-state index contributed by atoms with van der Waals surface area (Å²) in [4.78, 5) is 19.1. The second-order valence-corrected chi connectivity index (χ2v) is 5.01. The zero-order valence-electron chi connectivity index (χ0n) is 11.5. The van der Waals surface area contributed by atoms with Gasteiger partial charge in [0.05, 0.1) is 12.1 Å². The highest BCUT2D eigenvalue weighted by atomic mass is 19.1. The molecule has 0 spiro atoms. The van der Waals surface area contributed by atoms with Crippen molar-refractivity contribution in [2.75, 3.05) is 13.2 Å². The first-order valence-corrected chi connectivity index (χ1v) is 6.91. The number of aromatic amines is 1. The molecule has 1 aliphatic heterocycles. The van der Waals surface area contributed by atoms with E-state index in [2.05, 4.69) is 15.3 Å². The molecule has 3 aromatic rings. The highest BCUT2D eigenvalue weighted by molar-refractivity contribution is 5.99. The monoisotopic (exact) mass is 297 g/mol. The molecule has 0 bridgehead atoms. The molecule has 0 unspecified atom stereocenters. The largest absolute Gasteiger partial charge is 0.488 e. The first-order valence-electron chi connectivity index (χ1n) is 6.91. The minimum absolute atomic E-state index is 0.00532. The number of ether oxygens (including phenoxy) is 1. The average molecular weight is 297 g/mol. The lowest BCUT2D eigenvalue weighted by atomic mass is 10.0. The SMILES string of the molecule is O=C1NCCOc2c1ccc(-c1c[nH]c3ncccc13)c2F. The summed E-state index contributed by atoms with van der Waals surface area (Å²) in [5.41, 5.74) is 1.98. The van der Waals surface area contributed by atoms with Crippen LogP contribution in [0, 0.1) is 5.82 Å². The number of halogens is 1. The maximum Gasteiger partial charge on any atom is 0.255 e. The lowest BCUT2D eigenvalue weighted by Gasteiger charge is -2.10. The van der Waals surface area contributed by atoms with Crippen molar-refractivity contribution in [3.63, 3.8) is 0 Å². The predicted octanol–water partition coefficient (Wildman–Crippen LogP) is 2.49. The molecule has 0 saturated carbocycles. The van der Waals surface area contributed by atoms with Crippen LogP contribution in [0.25, 0.3) is 22.2 Å². The number of carbonyl (C=O) groups excluding carboxylic acids is 1. The fraction of sp³-hybridized carbons (Fsp3) is 0.125. The van der Waals surface area contributed by atoms with Crippen molar-refractivity contribution in [2.45, 2.75) is 0 Å². The van der Waals surface area contributed by atoms with Crippen LogP contribution in [0.4, 0.5) is 4.39 Å². The lowest BCUT2D eigenvalue weighted by Crippen LogP contribution is -2.24. The van der Waals surface area contributed by atoms with Gasteiger partial charge in [-0.3, -0.25) is 4.79 Å². The quantitative estimate of drug-likeness (QED) is 0.725. The summed E-state index contributed by atoms with van der Waals surface area (Å²) in [7, 11) is 0. The lowest BCUT2D eigenvalue weighted by molar-refractivity contribution is 0.0957. The minimum atomic E-state index is -0.528. The molecule has 110 valence electrons. The number of amides is 1. The first-order chi connectivity index (χ1) is 10.8. The maximum atomic E-state index is 14.9. The van der Waals surface area contributed by atoms with Crippen LogP contribution in [0.2, 0.25) is 0 Å². The molecule has 1 aliphatic rings. The van der Waals surface area contributed by atoms with E-state index in [1.165, 1.54) is 0 Å². The van der Waals surface area contributed by atoms with Crippen molar-refractivity contribution in [3.05, 3.63) is 48.0 Å². The van der Waals surface area contributed by atoms with Crippen LogP contribution in [-0.4, -0.2) is 29.0 Å². The van der Waals surface area contributed by atoms with Crippen molar-refractivity contribution >= 4 is 16.9 Å². The van der Waals surface area contributed by atoms with Gasteiger partial charge in [0, 0.05) is 28.9 Å². The summed E-state index contributed by atoms with van der Waals surface area (Å²) in [5.74, 6) is -0.844. The van der Waals surface area contributed by atoms with Crippen molar-refractivity contribution in [3.8, 4) is 16.9 Å². The number of aromatic nitrogens is 2. The van der Waals surface area contributed by atoms with E-state index in [0.717, 1.165) is 5.39 Å². The Morgan fingerprint density at radius 1 is 1.18 bits per heavy atom. The third-order valence-corrected chi connectivity index (χ3v) is 3.72. The minimum Gasteiger partial charge on any atom is -0.488 e. The summed E-state index contributed by atoms with van der Waals surface area (Å²) in [6, 6.07) is 6.85. The van der Waals surface area contributed by atoms with Gasteiger partial charge in [0.25, 0.3) is 5.91 Å². The molecule has 1 amide bonds. The average Bonchev–Trinajstić information content (AvgIpc) is 2.86. The van der Waals surface area contributed by atoms with Gasteiger partial charge in [-0.1, -0.05) is 6.07 Å². The Morgan fingerprint density at radius 2 is 2.05 bits per heavy atom. The van der Waals surface area contributed by atoms with Crippen LogP contribution in [0.1, 0.15) is 10.4 Å². The van der Waals surface area contributed by atoms with Crippen molar-refractivity contribution in [1.29, 1.82) is 0 Å². The summed E-state index contributed by atoms with van der Waals surface area (Å²) in [5, 5.41) is 3.48. The molecule has 0 aliphatic carbocycles. The van der Waals surface area contributed by atoms with Gasteiger partial charge in [0.1, 0.15) is 12.3 Å². The second-order valence-electron chi connectivity index (χ2n) is 5.01. The van der Waals surface area contributed by atoms with Crippen LogP contribution in [-0.2, 0) is 0 Å². The molecule has 2 N–H and O–H groups in total. The topological polar surface area (TPSA) is 67.0 Å². The maximum absolute atomic E-state index is 14.9. The Bertz CT molecular complexity index is 888. The number of pyridine rings is 1. The van der Waals surface area contributed by atoms with Gasteiger partial charge < -0.3 is 15.0 Å². The number of H-pyrrole nitrogens is 1. The standard InChI is InChI=1S/C16H12FN3O2/c17-13-9(12-8-20-15-10(12)2-1-5-18-15)3-4-11-14(13)22-7-6-19-16(11)21/h1-5,8H,6-7H2,(H,18,20)(H,19,21). The van der Waals surface area contributed by atoms with Crippen LogP contribution in [0.15, 0.2) is 36.7 Å². The van der Waals surface area contributed by atoms with E-state index in [4.69, 9.17) is 4.74 Å². The molecule has 6 heteroatoms. The zero-order chi connectivity index (χ0) is 15.1. The van der Waals surface area contributed by atoms with E-state index in [9.17, 15) is 9.18 Å². The Morgan fingerprint density at radius 3 is 2.95 bits per heavy atom. The Balaban J connectivity index is 1.93. The predicted molar refractivity (Wildman–Crippen MR) is 79.3 cm³/mol. The molecule has 4 rings (SSSR count). The van der Waals surface area contributed by atoms with Crippen LogP contribution < -0.4 is 10.1 Å². The molecular formula is C16H12FN3O2. The molecule has 0 radical (unpaired) electrons. The van der Waals surface area contributed by atoms with Gasteiger partial charge in [-0.15, -0.1) is 0 Å². The molecule has 0 saturated heterocycles. The highest BCUT2D eigenvalue weighted by Crippen LogP contribution is 2.36. The van der Waals surface area contributed by atoms with E-state index in [1.54, 1.807) is 30.6 Å². The third-order valence-electron chi connectivity index (χ3n) is 3.72. The Hall–Kier alpha value is -2.89. The fourth-order valence-electron chi connectivity index (χ4n) is 2.68. The number of hydrogen-bond acceptors (Lipinski definition) is 3. The smallest absolute Gasteiger partial charge is 0.255 e. The Kier molecular flexibility index (Phi) is 2.82. The summed E-state index contributed by atoms with van der Waals surface area (Å²) in [6.45, 7) is 0.605. The molecule has 0 atom stereocenters. The molecule has 1 aromatic carbocycles. The van der Waals surface area contributed by atoms with E-state index in [1.807, 2.05) is 6.07 Å². The number of nitrogens with one attached hydrogen (secondary N) is 2. The number of benzene rings is 1. The molecule has 2 aromatic heterocycles. The normalized spacial score (nSPS) is 14.1. The fourth-order valence-corrected chi connectivity index (χ4v) is 2.68. The van der Waals surface area contributed by atoms with E-state index in [0.29, 0.717) is 23.3 Å². The number of nitrogens with zero attached hydrogens (tertiary/aromatic N) is 1. The van der Waals surface area contributed by atoms with Gasteiger partial charge in [0.2, 0.25) is 0 Å². The van der Waals surface area contributed by atoms with E-state index >= 15 is 0 Å². The summed E-state index contributed by atoms with van der Waals surface area (Å²) < 4.78 is 20.3. The molecule has 3 heterocycles. The van der Waals surface area contributed by atoms with E-state index in [-0.39, 0.29) is 23.8 Å². The number of rotatable bonds is 1. The molecule has 5 nitrogen and oxygen atoms in total. The van der Waals surface area contributed by atoms with Gasteiger partial charge in [-0.05, 0) is 18.2 Å². The molecular weight excluding hydrogens is 285 g/mol. The number of hydrogen-bond donors (Lipinski definition) is 2. The van der Waals surface area contributed by atoms with Crippen LogP contribution >= 0.6 is 0 Å². The highest BCUT2D eigenvalue weighted by Gasteiger charge is 2.23. The summed E-state index contributed by atoms with van der Waals surface area (Å²) >= 11 is 0. The van der Waals surface area contributed by atoms with Crippen molar-refractivity contribution in [2.24, 2.45) is 0 Å². The van der Waals surface area contributed by atoms with Gasteiger partial charge in [-0.2, -0.15) is 0 Å². The second kappa shape index (κ2) is 4.84. The first kappa shape index (κ1) is 12.8. The number of carbonyl (C=O) groups is 1. The van der Waals surface area contributed by atoms with E-state index < -0.39 is 5.82 Å². The van der Waals surface area contributed by atoms with Gasteiger partial charge in [-0.25, -0.2) is 9.37 Å². The zero-order valence-corrected chi connectivity index (χ0v) is 11.5. The van der Waals surface area contributed by atoms with Gasteiger partial charge in [0.15, 0.2) is 11.6 Å². The van der Waals surface area contributed by atoms with Crippen molar-refractivity contribution in [1.82, 2.24) is 15.3 Å². The van der Waals surface area contributed by atoms with Crippen molar-refractivity contribution < 1.29 is 13.9 Å². The van der Waals surface area contributed by atoms with Crippen LogP contribution in [0.5, 0.6) is 5.75 Å². The number of fused-ring (bicyclic) bond motifs is 2. The van der Waals surface area contributed by atoms with Crippen LogP contribution in [0.3, 0.4) is 0 Å².